The standard InChI is InChI=1S/C24H19N3O4S2/c1-31-17-9-4-3-8-16(17)27-23(29)21(22(28)26-24(27)30)15-13-20(19-11-6-12-32-19)33-18-10-5-2-7-14(18)25-15/h2-12,20,29H,13H2,1H3,(H,26,28,30)/t20-/m0/s1. The number of hydrogen-bond donors (Lipinski definition) is 2. The highest BCUT2D eigenvalue weighted by atomic mass is 32.2. The maximum atomic E-state index is 13.0. The lowest BCUT2D eigenvalue weighted by molar-refractivity contribution is 0.401. The summed E-state index contributed by atoms with van der Waals surface area (Å²) in [6.07, 6.45) is 0.403. The van der Waals surface area contributed by atoms with Gasteiger partial charge in [0, 0.05) is 21.4 Å². The smallest absolute Gasteiger partial charge is 0.335 e. The number of thiophene rings is 1. The molecule has 1 atom stereocenters. The van der Waals surface area contributed by atoms with Crippen LogP contribution in [0.4, 0.5) is 5.69 Å². The molecular weight excluding hydrogens is 458 g/mol. The zero-order valence-electron chi connectivity index (χ0n) is 17.5. The zero-order chi connectivity index (χ0) is 22.9. The second-order valence-electron chi connectivity index (χ2n) is 7.32. The molecule has 0 fully saturated rings. The van der Waals surface area contributed by atoms with E-state index in [1.165, 1.54) is 7.11 Å². The van der Waals surface area contributed by atoms with Crippen molar-refractivity contribution in [2.45, 2.75) is 16.6 Å². The molecule has 166 valence electrons. The van der Waals surface area contributed by atoms with Crippen molar-refractivity contribution in [2.24, 2.45) is 4.99 Å². The summed E-state index contributed by atoms with van der Waals surface area (Å²) < 4.78 is 6.41. The lowest BCUT2D eigenvalue weighted by atomic mass is 10.1. The molecular formula is C24H19N3O4S2. The van der Waals surface area contributed by atoms with Gasteiger partial charge in [-0.25, -0.2) is 9.36 Å². The lowest BCUT2D eigenvalue weighted by Gasteiger charge is -2.16. The van der Waals surface area contributed by atoms with Gasteiger partial charge in [-0.3, -0.25) is 14.8 Å². The van der Waals surface area contributed by atoms with Crippen molar-refractivity contribution in [1.82, 2.24) is 9.55 Å². The SMILES string of the molecule is COc1ccccc1-n1c(O)c(C2=Nc3ccccc3S[C@H](c3cccs3)C2)c(=O)[nH]c1=O. The first-order chi connectivity index (χ1) is 16.1. The summed E-state index contributed by atoms with van der Waals surface area (Å²) in [5.74, 6) is -0.0885. The van der Waals surface area contributed by atoms with E-state index in [0.29, 0.717) is 29.3 Å². The number of aromatic hydroxyl groups is 1. The van der Waals surface area contributed by atoms with Crippen LogP contribution in [0.5, 0.6) is 11.6 Å². The summed E-state index contributed by atoms with van der Waals surface area (Å²) in [6, 6.07) is 18.5. The molecule has 0 amide bonds. The van der Waals surface area contributed by atoms with Gasteiger partial charge < -0.3 is 9.84 Å². The molecule has 0 spiro atoms. The van der Waals surface area contributed by atoms with Crippen molar-refractivity contribution < 1.29 is 9.84 Å². The van der Waals surface area contributed by atoms with Gasteiger partial charge in [0.25, 0.3) is 5.56 Å². The number of aliphatic imine (C=N–C) groups is 1. The minimum atomic E-state index is -0.760. The van der Waals surface area contributed by atoms with E-state index < -0.39 is 17.1 Å². The number of methoxy groups -OCH3 is 1. The van der Waals surface area contributed by atoms with Crippen LogP contribution >= 0.6 is 23.1 Å². The first-order valence-electron chi connectivity index (χ1n) is 10.2. The van der Waals surface area contributed by atoms with Crippen molar-refractivity contribution in [1.29, 1.82) is 0 Å². The number of nitrogens with one attached hydrogen (secondary N) is 1. The zero-order valence-corrected chi connectivity index (χ0v) is 19.2. The molecule has 1 aliphatic rings. The predicted molar refractivity (Wildman–Crippen MR) is 131 cm³/mol. The summed E-state index contributed by atoms with van der Waals surface area (Å²) in [7, 11) is 1.47. The summed E-state index contributed by atoms with van der Waals surface area (Å²) in [4.78, 5) is 34.9. The van der Waals surface area contributed by atoms with Gasteiger partial charge >= 0.3 is 5.69 Å². The molecule has 0 radical (unpaired) electrons. The molecule has 0 bridgehead atoms. The number of H-pyrrole nitrogens is 1. The van der Waals surface area contributed by atoms with Gasteiger partial charge in [0.2, 0.25) is 5.88 Å². The van der Waals surface area contributed by atoms with Crippen molar-refractivity contribution >= 4 is 34.5 Å². The lowest BCUT2D eigenvalue weighted by Crippen LogP contribution is -2.33. The number of ether oxygens (including phenoxy) is 1. The molecule has 9 heteroatoms. The summed E-state index contributed by atoms with van der Waals surface area (Å²) >= 11 is 3.30. The molecule has 0 unspecified atom stereocenters. The van der Waals surface area contributed by atoms with E-state index in [1.807, 2.05) is 41.8 Å². The van der Waals surface area contributed by atoms with E-state index in [9.17, 15) is 14.7 Å². The normalized spacial score (nSPS) is 15.4. The topological polar surface area (TPSA) is 96.7 Å². The Morgan fingerprint density at radius 2 is 1.88 bits per heavy atom. The van der Waals surface area contributed by atoms with E-state index in [2.05, 4.69) is 4.98 Å². The second kappa shape index (κ2) is 8.76. The van der Waals surface area contributed by atoms with Crippen LogP contribution in [-0.4, -0.2) is 27.5 Å². The highest BCUT2D eigenvalue weighted by Gasteiger charge is 2.28. The number of hydrogen-bond acceptors (Lipinski definition) is 7. The Hall–Kier alpha value is -3.56. The average molecular weight is 478 g/mol. The van der Waals surface area contributed by atoms with Crippen molar-refractivity contribution in [3.8, 4) is 17.3 Å². The van der Waals surface area contributed by atoms with Gasteiger partial charge in [-0.05, 0) is 35.7 Å². The first kappa shape index (κ1) is 21.3. The van der Waals surface area contributed by atoms with Crippen LogP contribution in [0.3, 0.4) is 0 Å². The molecule has 0 saturated carbocycles. The van der Waals surface area contributed by atoms with Gasteiger partial charge in [0.1, 0.15) is 11.3 Å². The third-order valence-corrected chi connectivity index (χ3v) is 7.77. The number of rotatable bonds is 4. The Bertz CT molecular complexity index is 1470. The van der Waals surface area contributed by atoms with Crippen molar-refractivity contribution in [2.75, 3.05) is 7.11 Å². The number of aromatic amines is 1. The number of nitrogens with zero attached hydrogens (tertiary/aromatic N) is 2. The Balaban J connectivity index is 1.74. The first-order valence-corrected chi connectivity index (χ1v) is 11.9. The van der Waals surface area contributed by atoms with Crippen LogP contribution < -0.4 is 16.0 Å². The van der Waals surface area contributed by atoms with Crippen LogP contribution in [0.1, 0.15) is 22.1 Å². The summed E-state index contributed by atoms with van der Waals surface area (Å²) in [5, 5.41) is 13.2. The quantitative estimate of drug-likeness (QED) is 0.446. The predicted octanol–water partition coefficient (Wildman–Crippen LogP) is 4.66. The van der Waals surface area contributed by atoms with E-state index in [1.54, 1.807) is 47.4 Å². The highest BCUT2D eigenvalue weighted by molar-refractivity contribution is 7.99. The van der Waals surface area contributed by atoms with Crippen molar-refractivity contribution in [3.63, 3.8) is 0 Å². The van der Waals surface area contributed by atoms with Gasteiger partial charge in [-0.2, -0.15) is 0 Å². The van der Waals surface area contributed by atoms with Crippen LogP contribution in [-0.2, 0) is 0 Å². The number of fused-ring (bicyclic) bond motifs is 1. The molecule has 2 aromatic heterocycles. The third-order valence-electron chi connectivity index (χ3n) is 5.33. The maximum absolute atomic E-state index is 13.0. The monoisotopic (exact) mass is 477 g/mol. The van der Waals surface area contributed by atoms with Gasteiger partial charge in [0.15, 0.2) is 0 Å². The van der Waals surface area contributed by atoms with Gasteiger partial charge in [-0.15, -0.1) is 23.1 Å². The number of benzene rings is 2. The largest absolute Gasteiger partial charge is 0.495 e. The third kappa shape index (κ3) is 3.90. The molecule has 5 rings (SSSR count). The van der Waals surface area contributed by atoms with Crippen LogP contribution in [0.2, 0.25) is 0 Å². The average Bonchev–Trinajstić information content (AvgIpc) is 3.28. The molecule has 1 aliphatic heterocycles. The molecule has 0 saturated heterocycles. The van der Waals surface area contributed by atoms with E-state index in [0.717, 1.165) is 14.3 Å². The van der Waals surface area contributed by atoms with E-state index >= 15 is 0 Å². The Morgan fingerprint density at radius 1 is 1.09 bits per heavy atom. The minimum Gasteiger partial charge on any atom is -0.495 e. The van der Waals surface area contributed by atoms with E-state index in [4.69, 9.17) is 9.73 Å². The van der Waals surface area contributed by atoms with E-state index in [-0.39, 0.29) is 10.8 Å². The Kier molecular flexibility index (Phi) is 5.65. The van der Waals surface area contributed by atoms with Crippen LogP contribution in [0.25, 0.3) is 5.69 Å². The fourth-order valence-corrected chi connectivity index (χ4v) is 5.98. The van der Waals surface area contributed by atoms with Gasteiger partial charge in [-0.1, -0.05) is 30.3 Å². The molecule has 2 N–H and O–H groups in total. The molecule has 2 aromatic carbocycles. The molecule has 0 aliphatic carbocycles. The second-order valence-corrected chi connectivity index (χ2v) is 9.54. The number of aromatic nitrogens is 2. The molecule has 3 heterocycles. The van der Waals surface area contributed by atoms with Gasteiger partial charge in [0.05, 0.1) is 24.2 Å². The molecule has 7 nitrogen and oxygen atoms in total. The summed E-state index contributed by atoms with van der Waals surface area (Å²) in [6.45, 7) is 0. The van der Waals surface area contributed by atoms with Crippen LogP contribution in [0, 0.1) is 0 Å². The Morgan fingerprint density at radius 3 is 2.67 bits per heavy atom. The fraction of sp³-hybridized carbons (Fsp3) is 0.125. The highest BCUT2D eigenvalue weighted by Crippen LogP contribution is 2.46. The minimum absolute atomic E-state index is 0.00200. The number of para-hydroxylation sites is 3. The maximum Gasteiger partial charge on any atom is 0.335 e. The molecule has 4 aromatic rings. The Labute approximate surface area is 197 Å². The summed E-state index contributed by atoms with van der Waals surface area (Å²) in [5.41, 5.74) is -0.0296. The number of thioether (sulfide) groups is 1. The van der Waals surface area contributed by atoms with Crippen LogP contribution in [0.15, 0.2) is 85.5 Å². The molecule has 33 heavy (non-hydrogen) atoms. The van der Waals surface area contributed by atoms with Crippen molar-refractivity contribution in [3.05, 3.63) is 97.3 Å². The fourth-order valence-electron chi connectivity index (χ4n) is 3.83.